The lowest BCUT2D eigenvalue weighted by molar-refractivity contribution is -0.118. The van der Waals surface area contributed by atoms with Gasteiger partial charge in [-0.3, -0.25) is 9.59 Å². The summed E-state index contributed by atoms with van der Waals surface area (Å²) in [6.07, 6.45) is 3.03. The number of rotatable bonds is 4. The second-order valence-electron chi connectivity index (χ2n) is 7.64. The number of thioether (sulfide) groups is 1. The van der Waals surface area contributed by atoms with Crippen molar-refractivity contribution >= 4 is 34.7 Å². The van der Waals surface area contributed by atoms with E-state index in [1.165, 1.54) is 11.8 Å². The highest BCUT2D eigenvalue weighted by Gasteiger charge is 2.42. The number of allylic oxidation sites excluding steroid dienone is 2. The summed E-state index contributed by atoms with van der Waals surface area (Å²) in [6.45, 7) is 7.91. The Morgan fingerprint density at radius 1 is 1.41 bits per heavy atom. The minimum Gasteiger partial charge on any atom is -0.343 e. The van der Waals surface area contributed by atoms with Crippen LogP contribution < -0.4 is 10.9 Å². The van der Waals surface area contributed by atoms with Gasteiger partial charge in [-0.25, -0.2) is 4.98 Å². The topological polar surface area (TPSA) is 74.8 Å². The van der Waals surface area contributed by atoms with Crippen molar-refractivity contribution in [3.8, 4) is 0 Å². The van der Waals surface area contributed by atoms with Crippen molar-refractivity contribution in [2.75, 3.05) is 11.1 Å². The standard InChI is InChI=1S/C20H21N3O2S2/c1-4-7-27-19-22-17-16(18(25)23-19)15(13-6-5-8-26-13)14-11(21-17)9-20(2,3)10-12(14)24/h4-6,8,15H,1,7,9-10H2,2-3H3,(H2,21,22,23,25)/t15-/m0/s1. The Labute approximate surface area is 166 Å². The molecule has 0 radical (unpaired) electrons. The molecule has 2 N–H and O–H groups in total. The number of nitrogens with one attached hydrogen (secondary N) is 2. The summed E-state index contributed by atoms with van der Waals surface area (Å²) in [5, 5.41) is 5.86. The maximum absolute atomic E-state index is 13.0. The number of hydrogen-bond donors (Lipinski definition) is 2. The predicted octanol–water partition coefficient (Wildman–Crippen LogP) is 4.31. The minimum atomic E-state index is -0.352. The summed E-state index contributed by atoms with van der Waals surface area (Å²) in [5.74, 6) is 0.986. The molecule has 1 atom stereocenters. The molecule has 4 rings (SSSR count). The van der Waals surface area contributed by atoms with Crippen molar-refractivity contribution < 1.29 is 4.79 Å². The molecule has 0 saturated heterocycles. The van der Waals surface area contributed by atoms with E-state index in [9.17, 15) is 9.59 Å². The van der Waals surface area contributed by atoms with E-state index in [-0.39, 0.29) is 22.7 Å². The summed E-state index contributed by atoms with van der Waals surface area (Å²) in [7, 11) is 0. The van der Waals surface area contributed by atoms with Gasteiger partial charge >= 0.3 is 0 Å². The van der Waals surface area contributed by atoms with Gasteiger partial charge in [0.05, 0.1) is 11.5 Å². The van der Waals surface area contributed by atoms with Crippen LogP contribution in [0.3, 0.4) is 0 Å². The van der Waals surface area contributed by atoms with Gasteiger partial charge in [-0.1, -0.05) is 37.8 Å². The number of carbonyl (C=O) groups is 1. The molecule has 1 aliphatic heterocycles. The summed E-state index contributed by atoms with van der Waals surface area (Å²) < 4.78 is 0. The molecule has 2 aromatic heterocycles. The smallest absolute Gasteiger partial charge is 0.257 e. The van der Waals surface area contributed by atoms with E-state index < -0.39 is 0 Å². The molecule has 0 unspecified atom stereocenters. The summed E-state index contributed by atoms with van der Waals surface area (Å²) in [4.78, 5) is 34.5. The van der Waals surface area contributed by atoms with Crippen LogP contribution in [0.1, 0.15) is 43.0 Å². The first-order chi connectivity index (χ1) is 12.9. The Balaban J connectivity index is 1.90. The molecule has 0 fully saturated rings. The molecule has 1 aliphatic carbocycles. The highest BCUT2D eigenvalue weighted by molar-refractivity contribution is 7.99. The molecule has 0 spiro atoms. The van der Waals surface area contributed by atoms with E-state index in [1.54, 1.807) is 17.4 Å². The molecule has 7 heteroatoms. The van der Waals surface area contributed by atoms with Crippen LogP contribution in [-0.4, -0.2) is 21.5 Å². The number of Topliss-reactive ketones (excluding diaryl/α,β-unsaturated/α-hetero) is 1. The molecule has 0 saturated carbocycles. The zero-order valence-corrected chi connectivity index (χ0v) is 16.9. The number of hydrogen-bond acceptors (Lipinski definition) is 6. The first kappa shape index (κ1) is 18.3. The highest BCUT2D eigenvalue weighted by Crippen LogP contribution is 2.48. The van der Waals surface area contributed by atoms with Gasteiger partial charge in [0.1, 0.15) is 5.82 Å². The highest BCUT2D eigenvalue weighted by atomic mass is 32.2. The second-order valence-corrected chi connectivity index (χ2v) is 9.63. The molecular formula is C20H21N3O2S2. The molecule has 140 valence electrons. The average molecular weight is 400 g/mol. The lowest BCUT2D eigenvalue weighted by atomic mass is 9.70. The Morgan fingerprint density at radius 3 is 2.93 bits per heavy atom. The van der Waals surface area contributed by atoms with Gasteiger partial charge in [-0.05, 0) is 23.3 Å². The van der Waals surface area contributed by atoms with E-state index in [1.807, 2.05) is 17.5 Å². The summed E-state index contributed by atoms with van der Waals surface area (Å²) in [6, 6.07) is 3.94. The fraction of sp³-hybridized carbons (Fsp3) is 0.350. The Hall–Kier alpha value is -2.12. The minimum absolute atomic E-state index is 0.109. The van der Waals surface area contributed by atoms with Gasteiger partial charge in [0.2, 0.25) is 0 Å². The van der Waals surface area contributed by atoms with Crippen molar-refractivity contribution in [3.05, 3.63) is 62.2 Å². The second kappa shape index (κ2) is 6.80. The first-order valence-corrected chi connectivity index (χ1v) is 10.7. The van der Waals surface area contributed by atoms with Crippen LogP contribution in [-0.2, 0) is 4.79 Å². The maximum atomic E-state index is 13.0. The van der Waals surface area contributed by atoms with Crippen LogP contribution in [0.4, 0.5) is 5.82 Å². The number of ketones is 1. The maximum Gasteiger partial charge on any atom is 0.257 e. The van der Waals surface area contributed by atoms with Crippen LogP contribution in [0.15, 0.2) is 51.4 Å². The number of anilines is 1. The summed E-state index contributed by atoms with van der Waals surface area (Å²) in [5.41, 5.74) is 1.86. The molecule has 0 amide bonds. The van der Waals surface area contributed by atoms with Crippen molar-refractivity contribution in [3.63, 3.8) is 0 Å². The molecule has 3 heterocycles. The number of H-pyrrole nitrogens is 1. The van der Waals surface area contributed by atoms with E-state index in [0.29, 0.717) is 28.7 Å². The van der Waals surface area contributed by atoms with Crippen LogP contribution >= 0.6 is 23.1 Å². The molecule has 2 aromatic rings. The van der Waals surface area contributed by atoms with Gasteiger partial charge in [-0.15, -0.1) is 17.9 Å². The van der Waals surface area contributed by atoms with Crippen molar-refractivity contribution in [1.29, 1.82) is 0 Å². The van der Waals surface area contributed by atoms with E-state index >= 15 is 0 Å². The van der Waals surface area contributed by atoms with Crippen molar-refractivity contribution in [2.45, 2.75) is 37.8 Å². The van der Waals surface area contributed by atoms with E-state index in [0.717, 1.165) is 22.6 Å². The monoisotopic (exact) mass is 399 g/mol. The average Bonchev–Trinajstić information content (AvgIpc) is 3.11. The molecular weight excluding hydrogens is 378 g/mol. The van der Waals surface area contributed by atoms with Gasteiger partial charge in [0, 0.05) is 28.3 Å². The fourth-order valence-electron chi connectivity index (χ4n) is 3.84. The Morgan fingerprint density at radius 2 is 2.22 bits per heavy atom. The zero-order chi connectivity index (χ0) is 19.2. The lowest BCUT2D eigenvalue weighted by Gasteiger charge is -2.38. The third-order valence-corrected chi connectivity index (χ3v) is 6.67. The Bertz CT molecular complexity index is 1000. The fourth-order valence-corrected chi connectivity index (χ4v) is 5.28. The van der Waals surface area contributed by atoms with Gasteiger partial charge in [0.25, 0.3) is 5.56 Å². The number of aromatic nitrogens is 2. The Kier molecular flexibility index (Phi) is 4.60. The number of fused-ring (bicyclic) bond motifs is 1. The van der Waals surface area contributed by atoms with E-state index in [4.69, 9.17) is 0 Å². The zero-order valence-electron chi connectivity index (χ0n) is 15.3. The number of carbonyl (C=O) groups excluding carboxylic acids is 1. The molecule has 2 aliphatic rings. The van der Waals surface area contributed by atoms with E-state index in [2.05, 4.69) is 35.7 Å². The SMILES string of the molecule is C=CCSc1nc2c(c(=O)[nH]1)[C@@H](c1cccs1)C1=C(CC(C)(C)CC1=O)N2. The van der Waals surface area contributed by atoms with Gasteiger partial charge in [-0.2, -0.15) is 0 Å². The molecule has 0 aromatic carbocycles. The molecule has 0 bridgehead atoms. The summed E-state index contributed by atoms with van der Waals surface area (Å²) >= 11 is 2.99. The number of aromatic amines is 1. The molecule has 5 nitrogen and oxygen atoms in total. The van der Waals surface area contributed by atoms with Crippen LogP contribution in [0.5, 0.6) is 0 Å². The van der Waals surface area contributed by atoms with Crippen LogP contribution in [0.25, 0.3) is 0 Å². The predicted molar refractivity (Wildman–Crippen MR) is 111 cm³/mol. The first-order valence-electron chi connectivity index (χ1n) is 8.84. The third kappa shape index (κ3) is 3.30. The lowest BCUT2D eigenvalue weighted by Crippen LogP contribution is -2.36. The quantitative estimate of drug-likeness (QED) is 0.455. The largest absolute Gasteiger partial charge is 0.343 e. The van der Waals surface area contributed by atoms with Crippen molar-refractivity contribution in [2.24, 2.45) is 5.41 Å². The third-order valence-electron chi connectivity index (χ3n) is 4.87. The number of nitrogens with zero attached hydrogens (tertiary/aromatic N) is 1. The van der Waals surface area contributed by atoms with Gasteiger partial charge in [0.15, 0.2) is 10.9 Å². The normalized spacial score (nSPS) is 20.7. The van der Waals surface area contributed by atoms with Crippen LogP contribution in [0.2, 0.25) is 0 Å². The van der Waals surface area contributed by atoms with Crippen LogP contribution in [0, 0.1) is 5.41 Å². The number of thiophene rings is 1. The van der Waals surface area contributed by atoms with Gasteiger partial charge < -0.3 is 10.3 Å². The molecule has 27 heavy (non-hydrogen) atoms. The van der Waals surface area contributed by atoms with Crippen molar-refractivity contribution in [1.82, 2.24) is 9.97 Å².